The first-order valence-corrected chi connectivity index (χ1v) is 10.1. The fourth-order valence-electron chi connectivity index (χ4n) is 7.29. The zero-order valence-corrected chi connectivity index (χ0v) is 15.8. The van der Waals surface area contributed by atoms with Gasteiger partial charge in [0.1, 0.15) is 11.9 Å². The Kier molecular flexibility index (Phi) is 3.89. The van der Waals surface area contributed by atoms with Gasteiger partial charge in [0.05, 0.1) is 11.0 Å². The molecule has 0 spiro atoms. The number of fused-ring (bicyclic) bond motifs is 5. The number of aliphatic hydroxyl groups is 1. The predicted octanol–water partition coefficient (Wildman–Crippen LogP) is 3.64. The Morgan fingerprint density at radius 2 is 1.84 bits per heavy atom. The first-order chi connectivity index (χ1) is 11.7. The minimum absolute atomic E-state index is 0.0668. The van der Waals surface area contributed by atoms with Crippen molar-refractivity contribution < 1.29 is 19.4 Å². The maximum Gasteiger partial charge on any atom is 0.302 e. The van der Waals surface area contributed by atoms with Crippen LogP contribution in [-0.2, 0) is 14.3 Å². The first-order valence-electron chi connectivity index (χ1n) is 10.1. The van der Waals surface area contributed by atoms with Crippen molar-refractivity contribution in [3.8, 4) is 0 Å². The second-order valence-electron chi connectivity index (χ2n) is 9.72. The molecule has 0 aromatic heterocycles. The van der Waals surface area contributed by atoms with E-state index in [9.17, 15) is 14.7 Å². The summed E-state index contributed by atoms with van der Waals surface area (Å²) in [5.74, 6) is 1.42. The second-order valence-corrected chi connectivity index (χ2v) is 9.72. The molecule has 4 aliphatic carbocycles. The number of esters is 1. The van der Waals surface area contributed by atoms with E-state index >= 15 is 0 Å². The van der Waals surface area contributed by atoms with Gasteiger partial charge in [0.15, 0.2) is 0 Å². The van der Waals surface area contributed by atoms with Crippen molar-refractivity contribution in [1.29, 1.82) is 0 Å². The molecule has 0 aromatic carbocycles. The second kappa shape index (κ2) is 5.55. The lowest BCUT2D eigenvalue weighted by Crippen LogP contribution is -2.62. The minimum Gasteiger partial charge on any atom is -0.463 e. The zero-order chi connectivity index (χ0) is 18.0. The highest BCUT2D eigenvalue weighted by Gasteiger charge is 2.67. The average Bonchev–Trinajstić information content (AvgIpc) is 2.79. The van der Waals surface area contributed by atoms with Gasteiger partial charge in [-0.25, -0.2) is 0 Å². The van der Waals surface area contributed by atoms with Gasteiger partial charge < -0.3 is 9.84 Å². The Labute approximate surface area is 150 Å². The van der Waals surface area contributed by atoms with Crippen molar-refractivity contribution in [2.75, 3.05) is 0 Å². The normalized spacial score (nSPS) is 52.1. The van der Waals surface area contributed by atoms with Crippen LogP contribution in [-0.4, -0.2) is 28.6 Å². The minimum atomic E-state index is -0.798. The zero-order valence-electron chi connectivity index (χ0n) is 15.8. The molecule has 4 aliphatic rings. The van der Waals surface area contributed by atoms with Gasteiger partial charge >= 0.3 is 5.97 Å². The molecule has 25 heavy (non-hydrogen) atoms. The Morgan fingerprint density at radius 1 is 1.08 bits per heavy atom. The summed E-state index contributed by atoms with van der Waals surface area (Å²) in [4.78, 5) is 23.8. The van der Waals surface area contributed by atoms with E-state index in [0.717, 1.165) is 44.9 Å². The van der Waals surface area contributed by atoms with E-state index in [0.29, 0.717) is 24.7 Å². The Bertz CT molecular complexity index is 601. The molecular formula is C21H32O4. The number of carbonyl (C=O) groups is 2. The quantitative estimate of drug-likeness (QED) is 0.735. The molecule has 2 unspecified atom stereocenters. The van der Waals surface area contributed by atoms with Gasteiger partial charge in [-0.3, -0.25) is 9.59 Å². The average molecular weight is 348 g/mol. The summed E-state index contributed by atoms with van der Waals surface area (Å²) in [6, 6.07) is 0. The van der Waals surface area contributed by atoms with Crippen LogP contribution in [0.25, 0.3) is 0 Å². The predicted molar refractivity (Wildman–Crippen MR) is 93.7 cm³/mol. The summed E-state index contributed by atoms with van der Waals surface area (Å²) in [6.07, 6.45) is 8.22. The van der Waals surface area contributed by atoms with E-state index < -0.39 is 11.0 Å². The lowest BCUT2D eigenvalue weighted by molar-refractivity contribution is -0.203. The maximum absolute atomic E-state index is 12.5. The number of carbonyl (C=O) groups excluding carboxylic acids is 2. The number of rotatable bonds is 1. The van der Waals surface area contributed by atoms with Crippen molar-refractivity contribution in [1.82, 2.24) is 0 Å². The van der Waals surface area contributed by atoms with E-state index in [1.807, 2.05) is 6.92 Å². The Balaban J connectivity index is 1.59. The van der Waals surface area contributed by atoms with Crippen LogP contribution in [0.2, 0.25) is 0 Å². The van der Waals surface area contributed by atoms with Crippen LogP contribution < -0.4 is 0 Å². The van der Waals surface area contributed by atoms with Gasteiger partial charge in [0.2, 0.25) is 0 Å². The fourth-order valence-corrected chi connectivity index (χ4v) is 7.29. The SMILES string of the molecule is CC(=O)OC1CC[C@@]2(C)C(CC[C@@H]3[C@@H]2CC[C@]2(C)C(=O)CC[C@@]32O)C1. The molecule has 4 fully saturated rings. The molecule has 0 aromatic rings. The van der Waals surface area contributed by atoms with Crippen LogP contribution in [0.5, 0.6) is 0 Å². The van der Waals surface area contributed by atoms with Crippen molar-refractivity contribution >= 4 is 11.8 Å². The van der Waals surface area contributed by atoms with Crippen LogP contribution in [0.1, 0.15) is 78.6 Å². The molecule has 0 heterocycles. The van der Waals surface area contributed by atoms with E-state index in [1.165, 1.54) is 6.92 Å². The van der Waals surface area contributed by atoms with Crippen molar-refractivity contribution in [3.05, 3.63) is 0 Å². The molecular weight excluding hydrogens is 316 g/mol. The molecule has 140 valence electrons. The highest BCUT2D eigenvalue weighted by molar-refractivity contribution is 5.88. The number of hydrogen-bond acceptors (Lipinski definition) is 4. The third-order valence-electron chi connectivity index (χ3n) is 8.85. The standard InChI is InChI=1S/C21H32O4/c1-13(22)25-15-6-9-19(2)14(12-15)4-5-17-16(19)7-10-20(3)18(23)8-11-21(17,20)24/h14-17,24H,4-12H2,1-3H3/t14?,15?,16-,17+,19-,20+,21+/m0/s1. The monoisotopic (exact) mass is 348 g/mol. The smallest absolute Gasteiger partial charge is 0.302 e. The molecule has 4 rings (SSSR count). The van der Waals surface area contributed by atoms with Crippen LogP contribution in [0, 0.1) is 28.6 Å². The van der Waals surface area contributed by atoms with Gasteiger partial charge in [0.25, 0.3) is 0 Å². The van der Waals surface area contributed by atoms with E-state index in [-0.39, 0.29) is 29.2 Å². The molecule has 0 amide bonds. The number of Topliss-reactive ketones (excluding diaryl/α,β-unsaturated/α-hetero) is 1. The molecule has 7 atom stereocenters. The molecule has 0 radical (unpaired) electrons. The third kappa shape index (κ3) is 2.28. The van der Waals surface area contributed by atoms with E-state index in [1.54, 1.807) is 0 Å². The van der Waals surface area contributed by atoms with E-state index in [4.69, 9.17) is 4.74 Å². The van der Waals surface area contributed by atoms with Crippen LogP contribution >= 0.6 is 0 Å². The first kappa shape index (κ1) is 17.5. The molecule has 4 heteroatoms. The molecule has 1 N–H and O–H groups in total. The molecule has 4 nitrogen and oxygen atoms in total. The van der Waals surface area contributed by atoms with Crippen molar-refractivity contribution in [3.63, 3.8) is 0 Å². The summed E-state index contributed by atoms with van der Waals surface area (Å²) >= 11 is 0. The van der Waals surface area contributed by atoms with Gasteiger partial charge in [-0.15, -0.1) is 0 Å². The summed E-state index contributed by atoms with van der Waals surface area (Å²) in [5, 5.41) is 11.6. The van der Waals surface area contributed by atoms with Crippen molar-refractivity contribution in [2.24, 2.45) is 28.6 Å². The Morgan fingerprint density at radius 3 is 2.56 bits per heavy atom. The fraction of sp³-hybridized carbons (Fsp3) is 0.905. The third-order valence-corrected chi connectivity index (χ3v) is 8.85. The lowest BCUT2D eigenvalue weighted by atomic mass is 9.44. The lowest BCUT2D eigenvalue weighted by Gasteiger charge is -2.62. The van der Waals surface area contributed by atoms with Gasteiger partial charge in [-0.2, -0.15) is 0 Å². The van der Waals surface area contributed by atoms with Crippen LogP contribution in [0.15, 0.2) is 0 Å². The van der Waals surface area contributed by atoms with Crippen molar-refractivity contribution in [2.45, 2.75) is 90.3 Å². The Hall–Kier alpha value is -0.900. The maximum atomic E-state index is 12.5. The van der Waals surface area contributed by atoms with Gasteiger partial charge in [0, 0.05) is 13.3 Å². The summed E-state index contributed by atoms with van der Waals surface area (Å²) in [6.45, 7) is 5.92. The molecule has 0 aliphatic heterocycles. The van der Waals surface area contributed by atoms with Gasteiger partial charge in [-0.05, 0) is 81.5 Å². The van der Waals surface area contributed by atoms with Crippen LogP contribution in [0.3, 0.4) is 0 Å². The largest absolute Gasteiger partial charge is 0.463 e. The summed E-state index contributed by atoms with van der Waals surface area (Å²) in [5.41, 5.74) is -1.11. The highest BCUT2D eigenvalue weighted by Crippen LogP contribution is 2.66. The summed E-state index contributed by atoms with van der Waals surface area (Å²) in [7, 11) is 0. The molecule has 0 saturated heterocycles. The number of hydrogen-bond donors (Lipinski definition) is 1. The van der Waals surface area contributed by atoms with Gasteiger partial charge in [-0.1, -0.05) is 6.92 Å². The van der Waals surface area contributed by atoms with E-state index in [2.05, 4.69) is 6.92 Å². The molecule has 4 saturated carbocycles. The highest BCUT2D eigenvalue weighted by atomic mass is 16.5. The topological polar surface area (TPSA) is 63.6 Å². The molecule has 0 bridgehead atoms. The number of ketones is 1. The number of ether oxygens (including phenoxy) is 1. The van der Waals surface area contributed by atoms with Crippen LogP contribution in [0.4, 0.5) is 0 Å². The summed E-state index contributed by atoms with van der Waals surface area (Å²) < 4.78 is 5.51.